The minimum Gasteiger partial charge on any atom is -0.393 e. The molecule has 1 aromatic carbocycles. The molecule has 1 aliphatic carbocycles. The van der Waals surface area contributed by atoms with Crippen LogP contribution in [-0.4, -0.2) is 46.2 Å². The molecule has 1 atom stereocenters. The Morgan fingerprint density at radius 2 is 1.94 bits per heavy atom. The Balaban J connectivity index is 1.54. The van der Waals surface area contributed by atoms with E-state index in [-0.39, 0.29) is 18.2 Å². The summed E-state index contributed by atoms with van der Waals surface area (Å²) in [5.41, 5.74) is 7.49. The zero-order valence-electron chi connectivity index (χ0n) is 16.6. The average molecular weight is 418 g/mol. The summed E-state index contributed by atoms with van der Waals surface area (Å²) in [6.07, 6.45) is 5.25. The van der Waals surface area contributed by atoms with E-state index >= 15 is 0 Å². The highest BCUT2D eigenvalue weighted by Gasteiger charge is 2.44. The lowest BCUT2D eigenvalue weighted by Gasteiger charge is -2.41. The van der Waals surface area contributed by atoms with E-state index < -0.39 is 11.8 Å². The molecule has 0 spiro atoms. The highest BCUT2D eigenvalue weighted by Crippen LogP contribution is 2.39. The van der Waals surface area contributed by atoms with Gasteiger partial charge in [-0.15, -0.1) is 0 Å². The van der Waals surface area contributed by atoms with Gasteiger partial charge in [-0.25, -0.2) is 14.6 Å². The summed E-state index contributed by atoms with van der Waals surface area (Å²) in [5, 5.41) is 35.1. The Morgan fingerprint density at radius 1 is 1.10 bits per heavy atom. The monoisotopic (exact) mass is 418 g/mol. The van der Waals surface area contributed by atoms with E-state index in [1.165, 1.54) is 6.20 Å². The zero-order valence-corrected chi connectivity index (χ0v) is 16.6. The van der Waals surface area contributed by atoms with Crippen LogP contribution in [0, 0.1) is 5.92 Å². The van der Waals surface area contributed by atoms with Crippen molar-refractivity contribution in [1.29, 1.82) is 0 Å². The number of rotatable bonds is 5. The van der Waals surface area contributed by atoms with Crippen molar-refractivity contribution in [3.05, 3.63) is 66.4 Å². The number of nitrogens with zero attached hydrogens (tertiary/aromatic N) is 5. The molecule has 31 heavy (non-hydrogen) atoms. The molecule has 0 aliphatic heterocycles. The molecule has 3 aromatic heterocycles. The van der Waals surface area contributed by atoms with Gasteiger partial charge in [-0.3, -0.25) is 10.7 Å². The Morgan fingerprint density at radius 3 is 2.71 bits per heavy atom. The fourth-order valence-corrected chi connectivity index (χ4v) is 3.89. The maximum Gasteiger partial charge on any atom is 0.161 e. The first-order valence-electron chi connectivity index (χ1n) is 10.0. The molecule has 0 unspecified atom stereocenters. The fraction of sp³-hybridized carbons (Fsp3) is 0.273. The van der Waals surface area contributed by atoms with Gasteiger partial charge in [-0.2, -0.15) is 5.10 Å². The molecule has 5 rings (SSSR count). The third kappa shape index (κ3) is 3.47. The normalized spacial score (nSPS) is 20.4. The van der Waals surface area contributed by atoms with Crippen LogP contribution >= 0.6 is 0 Å². The van der Waals surface area contributed by atoms with Crippen molar-refractivity contribution in [2.75, 3.05) is 0 Å². The summed E-state index contributed by atoms with van der Waals surface area (Å²) in [6, 6.07) is 11.1. The highest BCUT2D eigenvalue weighted by atomic mass is 16.3. The summed E-state index contributed by atoms with van der Waals surface area (Å²) in [7, 11) is 0. The number of aliphatic hydroxyl groups excluding tert-OH is 2. The van der Waals surface area contributed by atoms with Crippen molar-refractivity contribution in [2.45, 2.75) is 31.3 Å². The molecule has 9 heteroatoms. The third-order valence-electron chi connectivity index (χ3n) is 5.82. The maximum atomic E-state index is 10.8. The lowest BCUT2D eigenvalue weighted by molar-refractivity contribution is -0.102. The van der Waals surface area contributed by atoms with E-state index in [4.69, 9.17) is 5.73 Å². The van der Waals surface area contributed by atoms with Gasteiger partial charge in [0.25, 0.3) is 0 Å². The Hall–Kier alpha value is -3.24. The standard InChI is InChI=1S/C22H22N6O3/c23-22(31,15-7-17(30)8-15)20-11-24-10-18(27-20)13-4-5-14-9-25-28(19(14)6-13)21-3-1-2-16(12-29)26-21/h1-6,9-11,15,17,29-31H,7-8,12,23H2/t15?,17?,22-/m0/s1. The highest BCUT2D eigenvalue weighted by molar-refractivity contribution is 5.84. The number of benzene rings is 1. The molecular formula is C22H22N6O3. The molecule has 0 saturated heterocycles. The van der Waals surface area contributed by atoms with Crippen LogP contribution in [0.25, 0.3) is 28.0 Å². The van der Waals surface area contributed by atoms with E-state index in [1.54, 1.807) is 23.1 Å². The molecule has 9 nitrogen and oxygen atoms in total. The fourth-order valence-electron chi connectivity index (χ4n) is 3.89. The second kappa shape index (κ2) is 7.47. The van der Waals surface area contributed by atoms with Crippen LogP contribution in [0.1, 0.15) is 24.2 Å². The van der Waals surface area contributed by atoms with Crippen molar-refractivity contribution >= 4 is 10.9 Å². The van der Waals surface area contributed by atoms with Crippen molar-refractivity contribution < 1.29 is 15.3 Å². The number of hydrogen-bond acceptors (Lipinski definition) is 8. The molecule has 0 amide bonds. The van der Waals surface area contributed by atoms with E-state index in [1.807, 2.05) is 30.3 Å². The van der Waals surface area contributed by atoms with E-state index in [0.717, 1.165) is 16.5 Å². The summed E-state index contributed by atoms with van der Waals surface area (Å²) in [6.45, 7) is -0.152. The van der Waals surface area contributed by atoms with Crippen molar-refractivity contribution in [3.63, 3.8) is 0 Å². The molecule has 5 N–H and O–H groups in total. The lowest BCUT2D eigenvalue weighted by Crippen LogP contribution is -2.51. The minimum atomic E-state index is -1.65. The van der Waals surface area contributed by atoms with Crippen LogP contribution in [-0.2, 0) is 12.3 Å². The van der Waals surface area contributed by atoms with Crippen molar-refractivity contribution in [1.82, 2.24) is 24.7 Å². The molecular weight excluding hydrogens is 396 g/mol. The predicted octanol–water partition coefficient (Wildman–Crippen LogP) is 1.24. The Kier molecular flexibility index (Phi) is 4.75. The maximum absolute atomic E-state index is 10.8. The molecule has 158 valence electrons. The van der Waals surface area contributed by atoms with Crippen LogP contribution in [0.3, 0.4) is 0 Å². The number of pyridine rings is 1. The topological polar surface area (TPSA) is 143 Å². The van der Waals surface area contributed by atoms with Crippen LogP contribution < -0.4 is 5.73 Å². The molecule has 1 aliphatic rings. The SMILES string of the molecule is N[C@@](O)(c1cncc(-c2ccc3cnn(-c4cccc(CO)n4)c3c2)n1)C1CC(O)C1. The van der Waals surface area contributed by atoms with E-state index in [0.29, 0.717) is 30.0 Å². The van der Waals surface area contributed by atoms with Crippen molar-refractivity contribution in [3.8, 4) is 17.1 Å². The summed E-state index contributed by atoms with van der Waals surface area (Å²) >= 11 is 0. The Bertz CT molecular complexity index is 1250. The molecule has 4 aromatic rings. The smallest absolute Gasteiger partial charge is 0.161 e. The lowest BCUT2D eigenvalue weighted by atomic mass is 9.74. The van der Waals surface area contributed by atoms with Crippen LogP contribution in [0.4, 0.5) is 0 Å². The number of aliphatic hydroxyl groups is 3. The first-order chi connectivity index (χ1) is 15.0. The van der Waals surface area contributed by atoms with Gasteiger partial charge in [0, 0.05) is 16.9 Å². The summed E-state index contributed by atoms with van der Waals surface area (Å²) in [4.78, 5) is 13.2. The quantitative estimate of drug-likeness (QED) is 0.355. The number of aromatic nitrogens is 5. The molecule has 0 radical (unpaired) electrons. The first-order valence-corrected chi connectivity index (χ1v) is 10.0. The number of nitrogens with two attached hydrogens (primary N) is 1. The third-order valence-corrected chi connectivity index (χ3v) is 5.82. The minimum absolute atomic E-state index is 0.152. The summed E-state index contributed by atoms with van der Waals surface area (Å²) < 4.78 is 1.70. The largest absolute Gasteiger partial charge is 0.393 e. The van der Waals surface area contributed by atoms with Crippen LogP contribution in [0.2, 0.25) is 0 Å². The molecule has 1 saturated carbocycles. The van der Waals surface area contributed by atoms with Gasteiger partial charge in [0.2, 0.25) is 0 Å². The van der Waals surface area contributed by atoms with E-state index in [9.17, 15) is 15.3 Å². The molecule has 3 heterocycles. The van der Waals surface area contributed by atoms with Gasteiger partial charge >= 0.3 is 0 Å². The van der Waals surface area contributed by atoms with Gasteiger partial charge in [0.15, 0.2) is 11.5 Å². The second-order valence-corrected chi connectivity index (χ2v) is 7.91. The number of fused-ring (bicyclic) bond motifs is 1. The van der Waals surface area contributed by atoms with Gasteiger partial charge in [0.1, 0.15) is 5.69 Å². The van der Waals surface area contributed by atoms with Gasteiger partial charge in [-0.1, -0.05) is 18.2 Å². The predicted molar refractivity (Wildman–Crippen MR) is 113 cm³/mol. The van der Waals surface area contributed by atoms with Gasteiger partial charge in [0.05, 0.1) is 48.2 Å². The van der Waals surface area contributed by atoms with Crippen LogP contribution in [0.15, 0.2) is 55.0 Å². The first kappa shape index (κ1) is 19.7. The molecule has 1 fully saturated rings. The second-order valence-electron chi connectivity index (χ2n) is 7.91. The zero-order chi connectivity index (χ0) is 21.6. The number of hydrogen-bond donors (Lipinski definition) is 4. The van der Waals surface area contributed by atoms with Crippen molar-refractivity contribution in [2.24, 2.45) is 11.7 Å². The molecule has 0 bridgehead atoms. The summed E-state index contributed by atoms with van der Waals surface area (Å²) in [5.74, 6) is 0.333. The van der Waals surface area contributed by atoms with Gasteiger partial charge < -0.3 is 15.3 Å². The van der Waals surface area contributed by atoms with Gasteiger partial charge in [-0.05, 0) is 31.0 Å². The van der Waals surface area contributed by atoms with Crippen LogP contribution in [0.5, 0.6) is 0 Å². The van der Waals surface area contributed by atoms with E-state index in [2.05, 4.69) is 20.1 Å². The Labute approximate surface area is 177 Å². The average Bonchev–Trinajstić information content (AvgIpc) is 3.20.